The molecule has 0 bridgehead atoms. The van der Waals surface area contributed by atoms with E-state index in [0.29, 0.717) is 16.5 Å². The second-order valence-electron chi connectivity index (χ2n) is 8.76. The van der Waals surface area contributed by atoms with Crippen LogP contribution in [-0.4, -0.2) is 43.6 Å². The van der Waals surface area contributed by atoms with Gasteiger partial charge >= 0.3 is 0 Å². The summed E-state index contributed by atoms with van der Waals surface area (Å²) >= 11 is 5.86. The van der Waals surface area contributed by atoms with Crippen LogP contribution in [0.1, 0.15) is 23.5 Å². The molecule has 196 valence electrons. The topological polar surface area (TPSA) is 97.7 Å². The molecule has 1 aliphatic rings. The molecule has 11 heteroatoms. The number of anilines is 2. The zero-order valence-corrected chi connectivity index (χ0v) is 22.7. The summed E-state index contributed by atoms with van der Waals surface area (Å²) in [5.74, 6) is 1.12. The van der Waals surface area contributed by atoms with Gasteiger partial charge in [0, 0.05) is 41.6 Å². The minimum Gasteiger partial charge on any atom is -0.497 e. The van der Waals surface area contributed by atoms with Crippen LogP contribution in [0.3, 0.4) is 0 Å². The van der Waals surface area contributed by atoms with Gasteiger partial charge in [0.25, 0.3) is 0 Å². The number of hydrogen-bond donors (Lipinski definition) is 2. The van der Waals surface area contributed by atoms with Crippen LogP contribution in [0.2, 0.25) is 0 Å². The van der Waals surface area contributed by atoms with Crippen molar-refractivity contribution in [1.29, 1.82) is 0 Å². The predicted octanol–water partition coefficient (Wildman–Crippen LogP) is 4.44. The molecule has 0 amide bonds. The first kappa shape index (κ1) is 25.6. The largest absolute Gasteiger partial charge is 0.497 e. The Labute approximate surface area is 227 Å². The molecule has 1 fully saturated rings. The van der Waals surface area contributed by atoms with E-state index in [9.17, 15) is 8.42 Å². The fraction of sp³-hybridized carbons (Fsp3) is 0.185. The lowest BCUT2D eigenvalue weighted by Gasteiger charge is -2.29. The van der Waals surface area contributed by atoms with Crippen molar-refractivity contribution >= 4 is 38.7 Å². The smallest absolute Gasteiger partial charge is 0.229 e. The Morgan fingerprint density at radius 3 is 2.53 bits per heavy atom. The second-order valence-corrected chi connectivity index (χ2v) is 10.9. The van der Waals surface area contributed by atoms with Crippen LogP contribution in [0, 0.1) is 0 Å². The summed E-state index contributed by atoms with van der Waals surface area (Å²) < 4.78 is 39.3. The third-order valence-corrected chi connectivity index (χ3v) is 7.18. The standard InChI is InChI=1S/C27H27N5O4S2/c1-35-20-9-6-8-18(16-20)31-15-7-11-23(31)26-25(22-10-4-5-14-28-22)29-27(37)32(26)19-12-13-21(24(17-19)36-2)30-38(3,33)34/h4-17,25-26,30H,1-3H3,(H,29,37)/t25-,26+/m1/s1. The van der Waals surface area contributed by atoms with Crippen LogP contribution in [0.25, 0.3) is 5.69 Å². The Morgan fingerprint density at radius 2 is 1.82 bits per heavy atom. The van der Waals surface area contributed by atoms with Crippen LogP contribution in [-0.2, 0) is 10.0 Å². The first-order valence-corrected chi connectivity index (χ1v) is 14.1. The van der Waals surface area contributed by atoms with E-state index in [1.165, 1.54) is 7.11 Å². The first-order chi connectivity index (χ1) is 18.3. The molecule has 2 atom stereocenters. The maximum absolute atomic E-state index is 11.9. The molecular weight excluding hydrogens is 522 g/mol. The summed E-state index contributed by atoms with van der Waals surface area (Å²) in [6.07, 6.45) is 4.86. The third kappa shape index (κ3) is 5.02. The second kappa shape index (κ2) is 10.3. The summed E-state index contributed by atoms with van der Waals surface area (Å²) in [5.41, 5.74) is 3.82. The minimum atomic E-state index is -3.49. The zero-order valence-electron chi connectivity index (χ0n) is 21.0. The van der Waals surface area contributed by atoms with Crippen molar-refractivity contribution in [2.45, 2.75) is 12.1 Å². The van der Waals surface area contributed by atoms with Gasteiger partial charge in [-0.1, -0.05) is 12.1 Å². The summed E-state index contributed by atoms with van der Waals surface area (Å²) in [6, 6.07) is 22.4. The quantitative estimate of drug-likeness (QED) is 0.312. The summed E-state index contributed by atoms with van der Waals surface area (Å²) in [5, 5.41) is 3.96. The monoisotopic (exact) mass is 549 g/mol. The summed E-state index contributed by atoms with van der Waals surface area (Å²) in [4.78, 5) is 6.63. The summed E-state index contributed by atoms with van der Waals surface area (Å²) in [7, 11) is -0.351. The van der Waals surface area contributed by atoms with Crippen molar-refractivity contribution in [3.05, 3.63) is 96.6 Å². The number of ether oxygens (including phenoxy) is 2. The average Bonchev–Trinajstić information content (AvgIpc) is 3.53. The van der Waals surface area contributed by atoms with Crippen molar-refractivity contribution in [1.82, 2.24) is 14.9 Å². The number of aromatic nitrogens is 2. The number of nitrogens with zero attached hydrogens (tertiary/aromatic N) is 3. The fourth-order valence-electron chi connectivity index (χ4n) is 4.68. The highest BCUT2D eigenvalue weighted by molar-refractivity contribution is 7.92. The first-order valence-electron chi connectivity index (χ1n) is 11.8. The lowest BCUT2D eigenvalue weighted by atomic mass is 10.0. The molecule has 0 spiro atoms. The Hall–Kier alpha value is -4.09. The van der Waals surface area contributed by atoms with Gasteiger partial charge in [-0.2, -0.15) is 0 Å². The van der Waals surface area contributed by atoms with Crippen molar-refractivity contribution in [2.75, 3.05) is 30.1 Å². The highest BCUT2D eigenvalue weighted by atomic mass is 32.2. The Bertz CT molecular complexity index is 1570. The van der Waals surface area contributed by atoms with Gasteiger partial charge in [0.15, 0.2) is 5.11 Å². The maximum Gasteiger partial charge on any atom is 0.229 e. The van der Waals surface area contributed by atoms with E-state index in [1.54, 1.807) is 25.4 Å². The molecule has 0 radical (unpaired) electrons. The number of sulfonamides is 1. The number of nitrogens with one attached hydrogen (secondary N) is 2. The molecule has 2 aromatic heterocycles. The average molecular weight is 550 g/mol. The van der Waals surface area contributed by atoms with Gasteiger partial charge in [0.05, 0.1) is 37.9 Å². The molecule has 3 heterocycles. The van der Waals surface area contributed by atoms with Gasteiger partial charge in [0.2, 0.25) is 10.0 Å². The van der Waals surface area contributed by atoms with Crippen molar-refractivity contribution in [3.8, 4) is 17.2 Å². The highest BCUT2D eigenvalue weighted by Gasteiger charge is 2.42. The van der Waals surface area contributed by atoms with E-state index < -0.39 is 10.0 Å². The molecule has 0 unspecified atom stereocenters. The SMILES string of the molecule is COc1cccc(-n2cccc2[C@H]2[C@@H](c3ccccn3)NC(=S)N2c2ccc(NS(C)(=O)=O)c(OC)c2)c1. The molecule has 1 saturated heterocycles. The van der Waals surface area contributed by atoms with Gasteiger partial charge in [-0.3, -0.25) is 9.71 Å². The van der Waals surface area contributed by atoms with Crippen LogP contribution < -0.4 is 24.4 Å². The van der Waals surface area contributed by atoms with Gasteiger partial charge in [-0.15, -0.1) is 0 Å². The number of methoxy groups -OCH3 is 2. The Morgan fingerprint density at radius 1 is 0.974 bits per heavy atom. The van der Waals surface area contributed by atoms with Gasteiger partial charge in [-0.05, 0) is 60.7 Å². The third-order valence-electron chi connectivity index (χ3n) is 6.27. The fourth-order valence-corrected chi connectivity index (χ4v) is 5.59. The molecule has 5 rings (SSSR count). The van der Waals surface area contributed by atoms with Crippen molar-refractivity contribution in [2.24, 2.45) is 0 Å². The van der Waals surface area contributed by atoms with Crippen LogP contribution in [0.15, 0.2) is 85.2 Å². The highest BCUT2D eigenvalue weighted by Crippen LogP contribution is 2.44. The lowest BCUT2D eigenvalue weighted by molar-refractivity contribution is 0.414. The number of pyridine rings is 1. The molecule has 0 aliphatic carbocycles. The van der Waals surface area contributed by atoms with Crippen molar-refractivity contribution in [3.63, 3.8) is 0 Å². The van der Waals surface area contributed by atoms with E-state index in [1.807, 2.05) is 65.7 Å². The minimum absolute atomic E-state index is 0.261. The number of benzene rings is 2. The predicted molar refractivity (Wildman–Crippen MR) is 152 cm³/mol. The molecule has 1 aliphatic heterocycles. The lowest BCUT2D eigenvalue weighted by Crippen LogP contribution is -2.30. The number of hydrogen-bond acceptors (Lipinski definition) is 6. The molecule has 38 heavy (non-hydrogen) atoms. The summed E-state index contributed by atoms with van der Waals surface area (Å²) in [6.45, 7) is 0. The number of rotatable bonds is 8. The van der Waals surface area contributed by atoms with Crippen LogP contribution in [0.5, 0.6) is 11.5 Å². The van der Waals surface area contributed by atoms with E-state index in [-0.39, 0.29) is 12.1 Å². The van der Waals surface area contributed by atoms with Gasteiger partial charge < -0.3 is 24.3 Å². The van der Waals surface area contributed by atoms with Gasteiger partial charge in [0.1, 0.15) is 17.5 Å². The molecular formula is C27H27N5O4S2. The molecule has 4 aromatic rings. The van der Waals surface area contributed by atoms with Gasteiger partial charge in [-0.25, -0.2) is 8.42 Å². The molecule has 2 aromatic carbocycles. The van der Waals surface area contributed by atoms with Crippen LogP contribution >= 0.6 is 12.2 Å². The van der Waals surface area contributed by atoms with E-state index in [0.717, 1.165) is 34.8 Å². The molecule has 2 N–H and O–H groups in total. The van der Waals surface area contributed by atoms with E-state index >= 15 is 0 Å². The normalized spacial score (nSPS) is 17.2. The number of thiocarbonyl (C=S) groups is 1. The Balaban J connectivity index is 1.65. The van der Waals surface area contributed by atoms with Crippen molar-refractivity contribution < 1.29 is 17.9 Å². The van der Waals surface area contributed by atoms with Crippen LogP contribution in [0.4, 0.5) is 11.4 Å². The Kier molecular flexibility index (Phi) is 6.96. The maximum atomic E-state index is 11.9. The zero-order chi connectivity index (χ0) is 26.9. The van der Waals surface area contributed by atoms with E-state index in [4.69, 9.17) is 21.7 Å². The molecule has 0 saturated carbocycles. The van der Waals surface area contributed by atoms with E-state index in [2.05, 4.69) is 25.7 Å². The molecule has 9 nitrogen and oxygen atoms in total.